The van der Waals surface area contributed by atoms with E-state index in [4.69, 9.17) is 0 Å². The molecule has 1 N–H and O–H groups in total. The molecule has 1 aromatic carbocycles. The molecule has 0 aliphatic rings. The first kappa shape index (κ1) is 15.5. The van der Waals surface area contributed by atoms with Crippen LogP contribution < -0.4 is 5.32 Å². The van der Waals surface area contributed by atoms with Crippen LogP contribution in [0.1, 0.15) is 6.92 Å². The van der Waals surface area contributed by atoms with E-state index in [0.717, 1.165) is 19.7 Å². The standard InChI is InChI=1S/C14H12Br2N2OS/c1-9(20-13-6-5-11(16)8-17-13)14(19)18-12-4-2-3-10(15)7-12/h2-9H,1H3,(H,18,19). The van der Waals surface area contributed by atoms with Crippen molar-refractivity contribution in [1.29, 1.82) is 0 Å². The number of anilines is 1. The van der Waals surface area contributed by atoms with Crippen LogP contribution >= 0.6 is 43.6 Å². The molecule has 1 atom stereocenters. The van der Waals surface area contributed by atoms with Crippen molar-refractivity contribution in [2.45, 2.75) is 17.2 Å². The van der Waals surface area contributed by atoms with Crippen molar-refractivity contribution in [1.82, 2.24) is 4.98 Å². The SMILES string of the molecule is CC(Sc1ccc(Br)cn1)C(=O)Nc1cccc(Br)c1. The molecule has 0 saturated heterocycles. The topological polar surface area (TPSA) is 42.0 Å². The molecule has 1 amide bonds. The van der Waals surface area contributed by atoms with Crippen molar-refractivity contribution < 1.29 is 4.79 Å². The molecule has 2 aromatic rings. The van der Waals surface area contributed by atoms with Crippen LogP contribution in [0.2, 0.25) is 0 Å². The Balaban J connectivity index is 1.96. The number of pyridine rings is 1. The van der Waals surface area contributed by atoms with Gasteiger partial charge < -0.3 is 5.32 Å². The van der Waals surface area contributed by atoms with Gasteiger partial charge in [-0.05, 0) is 53.2 Å². The lowest BCUT2D eigenvalue weighted by atomic mass is 10.3. The molecular formula is C14H12Br2N2OS. The zero-order chi connectivity index (χ0) is 14.5. The van der Waals surface area contributed by atoms with E-state index in [1.807, 2.05) is 43.3 Å². The van der Waals surface area contributed by atoms with Gasteiger partial charge in [0.2, 0.25) is 5.91 Å². The van der Waals surface area contributed by atoms with E-state index in [-0.39, 0.29) is 11.2 Å². The van der Waals surface area contributed by atoms with Crippen molar-refractivity contribution in [3.8, 4) is 0 Å². The van der Waals surface area contributed by atoms with Crippen LogP contribution in [-0.4, -0.2) is 16.1 Å². The number of rotatable bonds is 4. The third-order valence-corrected chi connectivity index (χ3v) is 4.47. The molecule has 6 heteroatoms. The summed E-state index contributed by atoms with van der Waals surface area (Å²) >= 11 is 8.14. The van der Waals surface area contributed by atoms with Gasteiger partial charge in [-0.1, -0.05) is 33.8 Å². The summed E-state index contributed by atoms with van der Waals surface area (Å²) in [6.45, 7) is 1.86. The molecule has 3 nitrogen and oxygen atoms in total. The number of benzene rings is 1. The first-order valence-electron chi connectivity index (χ1n) is 5.89. The summed E-state index contributed by atoms with van der Waals surface area (Å²) < 4.78 is 1.86. The molecule has 0 bridgehead atoms. The molecule has 20 heavy (non-hydrogen) atoms. The number of amides is 1. The number of aromatic nitrogens is 1. The number of hydrogen-bond donors (Lipinski definition) is 1. The van der Waals surface area contributed by atoms with Gasteiger partial charge in [-0.2, -0.15) is 0 Å². The highest BCUT2D eigenvalue weighted by atomic mass is 79.9. The van der Waals surface area contributed by atoms with E-state index < -0.39 is 0 Å². The van der Waals surface area contributed by atoms with Crippen molar-refractivity contribution >= 4 is 55.2 Å². The molecule has 0 fully saturated rings. The number of nitrogens with one attached hydrogen (secondary N) is 1. The Morgan fingerprint density at radius 1 is 1.25 bits per heavy atom. The first-order valence-corrected chi connectivity index (χ1v) is 8.36. The van der Waals surface area contributed by atoms with E-state index >= 15 is 0 Å². The van der Waals surface area contributed by atoms with E-state index in [0.29, 0.717) is 0 Å². The van der Waals surface area contributed by atoms with Crippen molar-refractivity contribution in [2.24, 2.45) is 0 Å². The predicted octanol–water partition coefficient (Wildman–Crippen LogP) is 4.73. The maximum absolute atomic E-state index is 12.1. The molecule has 1 heterocycles. The van der Waals surface area contributed by atoms with E-state index in [1.54, 1.807) is 6.20 Å². The van der Waals surface area contributed by atoms with Gasteiger partial charge in [-0.15, -0.1) is 0 Å². The molecule has 0 spiro atoms. The summed E-state index contributed by atoms with van der Waals surface area (Å²) in [5.41, 5.74) is 0.778. The summed E-state index contributed by atoms with van der Waals surface area (Å²) in [6, 6.07) is 11.3. The van der Waals surface area contributed by atoms with Gasteiger partial charge in [-0.25, -0.2) is 4.98 Å². The Morgan fingerprint density at radius 3 is 2.70 bits per heavy atom. The van der Waals surface area contributed by atoms with Gasteiger partial charge in [0.25, 0.3) is 0 Å². The Morgan fingerprint density at radius 2 is 2.05 bits per heavy atom. The molecule has 0 aliphatic carbocycles. The average Bonchev–Trinajstić information content (AvgIpc) is 2.41. The second kappa shape index (κ2) is 7.24. The summed E-state index contributed by atoms with van der Waals surface area (Å²) in [5, 5.41) is 3.49. The molecule has 0 radical (unpaired) electrons. The van der Waals surface area contributed by atoms with Crippen LogP contribution in [0.4, 0.5) is 5.69 Å². The van der Waals surface area contributed by atoms with Crippen molar-refractivity contribution in [3.05, 3.63) is 51.5 Å². The maximum atomic E-state index is 12.1. The van der Waals surface area contributed by atoms with Crippen LogP contribution in [0.25, 0.3) is 0 Å². The molecule has 104 valence electrons. The minimum atomic E-state index is -0.220. The van der Waals surface area contributed by atoms with Gasteiger partial charge in [-0.3, -0.25) is 4.79 Å². The smallest absolute Gasteiger partial charge is 0.237 e. The van der Waals surface area contributed by atoms with E-state index in [2.05, 4.69) is 42.2 Å². The fraction of sp³-hybridized carbons (Fsp3) is 0.143. The number of thioether (sulfide) groups is 1. The summed E-state index contributed by atoms with van der Waals surface area (Å²) in [6.07, 6.45) is 1.72. The minimum Gasteiger partial charge on any atom is -0.325 e. The number of hydrogen-bond acceptors (Lipinski definition) is 3. The molecule has 2 rings (SSSR count). The van der Waals surface area contributed by atoms with Crippen LogP contribution in [0.3, 0.4) is 0 Å². The van der Waals surface area contributed by atoms with Crippen molar-refractivity contribution in [2.75, 3.05) is 5.32 Å². The Hall–Kier alpha value is -0.850. The Bertz CT molecular complexity index is 604. The van der Waals surface area contributed by atoms with Gasteiger partial charge in [0.15, 0.2) is 0 Å². The van der Waals surface area contributed by atoms with Crippen LogP contribution in [0, 0.1) is 0 Å². The van der Waals surface area contributed by atoms with Gasteiger partial charge >= 0.3 is 0 Å². The zero-order valence-corrected chi connectivity index (χ0v) is 14.6. The largest absolute Gasteiger partial charge is 0.325 e. The quantitative estimate of drug-likeness (QED) is 0.734. The minimum absolute atomic E-state index is 0.0437. The van der Waals surface area contributed by atoms with Crippen LogP contribution in [-0.2, 0) is 4.79 Å². The number of halogens is 2. The fourth-order valence-electron chi connectivity index (χ4n) is 1.48. The Labute approximate surface area is 138 Å². The summed E-state index contributed by atoms with van der Waals surface area (Å²) in [4.78, 5) is 16.4. The molecule has 0 aliphatic heterocycles. The number of nitrogens with zero attached hydrogens (tertiary/aromatic N) is 1. The second-order valence-corrected chi connectivity index (χ2v) is 7.27. The van der Waals surface area contributed by atoms with Gasteiger partial charge in [0.1, 0.15) is 0 Å². The highest BCUT2D eigenvalue weighted by Crippen LogP contribution is 2.24. The zero-order valence-electron chi connectivity index (χ0n) is 10.6. The lowest BCUT2D eigenvalue weighted by Crippen LogP contribution is -2.22. The fourth-order valence-corrected chi connectivity index (χ4v) is 2.90. The number of carbonyl (C=O) groups is 1. The highest BCUT2D eigenvalue weighted by molar-refractivity contribution is 9.10. The third kappa shape index (κ3) is 4.61. The third-order valence-electron chi connectivity index (χ3n) is 2.46. The first-order chi connectivity index (χ1) is 9.54. The van der Waals surface area contributed by atoms with E-state index in [1.165, 1.54) is 11.8 Å². The van der Waals surface area contributed by atoms with Crippen molar-refractivity contribution in [3.63, 3.8) is 0 Å². The summed E-state index contributed by atoms with van der Waals surface area (Å²) in [7, 11) is 0. The highest BCUT2D eigenvalue weighted by Gasteiger charge is 2.15. The van der Waals surface area contributed by atoms with Gasteiger partial charge in [0, 0.05) is 20.8 Å². The average molecular weight is 416 g/mol. The van der Waals surface area contributed by atoms with E-state index in [9.17, 15) is 4.79 Å². The lowest BCUT2D eigenvalue weighted by Gasteiger charge is -2.11. The molecule has 0 saturated carbocycles. The molecule has 1 unspecified atom stereocenters. The van der Waals surface area contributed by atoms with Gasteiger partial charge in [0.05, 0.1) is 10.3 Å². The summed E-state index contributed by atoms with van der Waals surface area (Å²) in [5.74, 6) is -0.0437. The van der Waals surface area contributed by atoms with Crippen LogP contribution in [0.15, 0.2) is 56.6 Å². The normalized spacial score (nSPS) is 11.9. The second-order valence-electron chi connectivity index (χ2n) is 4.07. The predicted molar refractivity (Wildman–Crippen MR) is 90.0 cm³/mol. The molecule has 1 aromatic heterocycles. The Kier molecular flexibility index (Phi) is 5.63. The lowest BCUT2D eigenvalue weighted by molar-refractivity contribution is -0.115. The van der Waals surface area contributed by atoms with Crippen LogP contribution in [0.5, 0.6) is 0 Å². The maximum Gasteiger partial charge on any atom is 0.237 e. The molecular weight excluding hydrogens is 404 g/mol. The number of carbonyl (C=O) groups excluding carboxylic acids is 1. The monoisotopic (exact) mass is 414 g/mol.